The van der Waals surface area contributed by atoms with E-state index in [-0.39, 0.29) is 37.8 Å². The number of ether oxygens (including phenoxy) is 1. The summed E-state index contributed by atoms with van der Waals surface area (Å²) < 4.78 is 5.28. The summed E-state index contributed by atoms with van der Waals surface area (Å²) in [6.07, 6.45) is -0.0979. The highest BCUT2D eigenvalue weighted by atomic mass is 16.6. The lowest BCUT2D eigenvalue weighted by molar-refractivity contribution is -0.383. The summed E-state index contributed by atoms with van der Waals surface area (Å²) in [5.41, 5.74) is -0.0930. The van der Waals surface area contributed by atoms with Crippen molar-refractivity contribution in [3.8, 4) is 0 Å². The smallest absolute Gasteiger partial charge is 0.410 e. The summed E-state index contributed by atoms with van der Waals surface area (Å²) in [7, 11) is 0. The lowest BCUT2D eigenvalue weighted by atomic mass is 10.2. The van der Waals surface area contributed by atoms with Crippen molar-refractivity contribution in [1.82, 2.24) is 4.90 Å². The highest BCUT2D eigenvalue weighted by molar-refractivity contribution is 5.98. The van der Waals surface area contributed by atoms with Crippen molar-refractivity contribution in [2.45, 2.75) is 32.8 Å². The van der Waals surface area contributed by atoms with Crippen LogP contribution in [0.2, 0.25) is 0 Å². The van der Waals surface area contributed by atoms with Crippen molar-refractivity contribution in [1.29, 1.82) is 0 Å². The number of amides is 2. The van der Waals surface area contributed by atoms with Gasteiger partial charge < -0.3 is 20.1 Å². The van der Waals surface area contributed by atoms with Gasteiger partial charge in [-0.2, -0.15) is 0 Å². The number of piperazine rings is 1. The molecule has 1 aliphatic rings. The standard InChI is InChI=1S/C18H26N4O6/c1-18(2,3)28-17(25)20-8-9-21(16(24)12-20)13-5-6-14(19-7-4-10-23)15(11-13)22(26)27/h5-6,11,19,23H,4,7-10,12H2,1-3H3. The number of nitro groups is 1. The number of anilines is 2. The zero-order chi connectivity index (χ0) is 20.9. The third kappa shape index (κ3) is 5.56. The molecule has 0 spiro atoms. The first kappa shape index (κ1) is 21.4. The highest BCUT2D eigenvalue weighted by Crippen LogP contribution is 2.30. The number of benzene rings is 1. The second kappa shape index (κ2) is 8.87. The zero-order valence-electron chi connectivity index (χ0n) is 16.3. The fourth-order valence-electron chi connectivity index (χ4n) is 2.72. The van der Waals surface area contributed by atoms with Crippen LogP contribution < -0.4 is 10.2 Å². The second-order valence-corrected chi connectivity index (χ2v) is 7.41. The van der Waals surface area contributed by atoms with Gasteiger partial charge >= 0.3 is 6.09 Å². The molecule has 0 atom stereocenters. The molecule has 0 aliphatic carbocycles. The molecular weight excluding hydrogens is 368 g/mol. The number of carbonyl (C=O) groups is 2. The van der Waals surface area contributed by atoms with Gasteiger partial charge in [-0.05, 0) is 39.3 Å². The van der Waals surface area contributed by atoms with Crippen LogP contribution in [0.5, 0.6) is 0 Å². The Bertz CT molecular complexity index is 746. The maximum atomic E-state index is 12.5. The third-order valence-electron chi connectivity index (χ3n) is 4.01. The van der Waals surface area contributed by atoms with Gasteiger partial charge in [0.2, 0.25) is 5.91 Å². The van der Waals surface area contributed by atoms with Crippen LogP contribution in [0.1, 0.15) is 27.2 Å². The first-order chi connectivity index (χ1) is 13.1. The molecule has 1 aliphatic heterocycles. The van der Waals surface area contributed by atoms with Crippen molar-refractivity contribution >= 4 is 29.1 Å². The molecule has 154 valence electrons. The molecule has 1 fully saturated rings. The molecule has 1 aromatic carbocycles. The molecule has 10 nitrogen and oxygen atoms in total. The number of hydrogen-bond acceptors (Lipinski definition) is 7. The van der Waals surface area contributed by atoms with E-state index < -0.39 is 16.6 Å². The quantitative estimate of drug-likeness (QED) is 0.429. The lowest BCUT2D eigenvalue weighted by Gasteiger charge is -2.35. The van der Waals surface area contributed by atoms with Gasteiger partial charge in [0.1, 0.15) is 17.8 Å². The Morgan fingerprint density at radius 2 is 2.07 bits per heavy atom. The minimum absolute atomic E-state index is 0.0185. The average molecular weight is 394 g/mol. The van der Waals surface area contributed by atoms with Crippen LogP contribution in [-0.4, -0.2) is 65.3 Å². The second-order valence-electron chi connectivity index (χ2n) is 7.41. The third-order valence-corrected chi connectivity index (χ3v) is 4.01. The molecule has 0 saturated carbocycles. The van der Waals surface area contributed by atoms with Crippen LogP contribution in [0.3, 0.4) is 0 Å². The highest BCUT2D eigenvalue weighted by Gasteiger charge is 2.31. The maximum Gasteiger partial charge on any atom is 0.410 e. The molecule has 0 radical (unpaired) electrons. The normalized spacial score (nSPS) is 14.8. The van der Waals surface area contributed by atoms with E-state index >= 15 is 0 Å². The molecule has 2 rings (SSSR count). The van der Waals surface area contributed by atoms with Crippen molar-refractivity contribution in [2.75, 3.05) is 43.0 Å². The van der Waals surface area contributed by atoms with E-state index in [1.54, 1.807) is 32.9 Å². The molecule has 0 aromatic heterocycles. The minimum atomic E-state index is -0.656. The molecule has 0 bridgehead atoms. The number of rotatable bonds is 6. The van der Waals surface area contributed by atoms with Crippen molar-refractivity contribution in [3.05, 3.63) is 28.3 Å². The number of hydrogen-bond donors (Lipinski definition) is 2. The zero-order valence-corrected chi connectivity index (χ0v) is 16.3. The number of aliphatic hydroxyl groups is 1. The Morgan fingerprint density at radius 3 is 2.64 bits per heavy atom. The van der Waals surface area contributed by atoms with Crippen molar-refractivity contribution in [3.63, 3.8) is 0 Å². The predicted octanol–water partition coefficient (Wildman–Crippen LogP) is 1.97. The van der Waals surface area contributed by atoms with E-state index in [1.807, 2.05) is 0 Å². The molecule has 1 aromatic rings. The van der Waals surface area contributed by atoms with Gasteiger partial charge in [0, 0.05) is 32.3 Å². The van der Waals surface area contributed by atoms with Gasteiger partial charge in [0.25, 0.3) is 5.69 Å². The first-order valence-corrected chi connectivity index (χ1v) is 9.04. The van der Waals surface area contributed by atoms with Crippen molar-refractivity contribution < 1.29 is 24.4 Å². The van der Waals surface area contributed by atoms with Crippen LogP contribution in [0, 0.1) is 10.1 Å². The van der Waals surface area contributed by atoms with Crippen LogP contribution in [-0.2, 0) is 9.53 Å². The Labute approximate surface area is 163 Å². The first-order valence-electron chi connectivity index (χ1n) is 9.04. The van der Waals surface area contributed by atoms with E-state index in [4.69, 9.17) is 9.84 Å². The molecule has 1 heterocycles. The number of aliphatic hydroxyl groups excluding tert-OH is 1. The Balaban J connectivity index is 2.11. The van der Waals surface area contributed by atoms with Crippen molar-refractivity contribution in [2.24, 2.45) is 0 Å². The van der Waals surface area contributed by atoms with E-state index in [0.717, 1.165) is 0 Å². The van der Waals surface area contributed by atoms with Crippen LogP contribution in [0.25, 0.3) is 0 Å². The molecular formula is C18H26N4O6. The van der Waals surface area contributed by atoms with E-state index in [9.17, 15) is 19.7 Å². The number of nitrogens with zero attached hydrogens (tertiary/aromatic N) is 3. The predicted molar refractivity (Wildman–Crippen MR) is 103 cm³/mol. The summed E-state index contributed by atoms with van der Waals surface area (Å²) >= 11 is 0. The summed E-state index contributed by atoms with van der Waals surface area (Å²) in [5.74, 6) is -0.340. The maximum absolute atomic E-state index is 12.5. The lowest BCUT2D eigenvalue weighted by Crippen LogP contribution is -2.53. The topological polar surface area (TPSA) is 125 Å². The van der Waals surface area contributed by atoms with E-state index in [0.29, 0.717) is 24.3 Å². The van der Waals surface area contributed by atoms with E-state index in [2.05, 4.69) is 5.32 Å². The Kier molecular flexibility index (Phi) is 6.79. The van der Waals surface area contributed by atoms with Gasteiger partial charge in [0.05, 0.1) is 10.6 Å². The summed E-state index contributed by atoms with van der Waals surface area (Å²) in [6.45, 7) is 5.95. The van der Waals surface area contributed by atoms with Crippen LogP contribution >= 0.6 is 0 Å². The molecule has 2 N–H and O–H groups in total. The number of nitro benzene ring substituents is 1. The molecule has 10 heteroatoms. The molecule has 0 unspecified atom stereocenters. The fraction of sp³-hybridized carbons (Fsp3) is 0.556. The Hall–Kier alpha value is -2.88. The number of carbonyl (C=O) groups excluding carboxylic acids is 2. The average Bonchev–Trinajstić information content (AvgIpc) is 2.60. The van der Waals surface area contributed by atoms with Crippen LogP contribution in [0.15, 0.2) is 18.2 Å². The van der Waals surface area contributed by atoms with Gasteiger partial charge in [-0.15, -0.1) is 0 Å². The summed E-state index contributed by atoms with van der Waals surface area (Å²) in [5, 5.41) is 23.1. The van der Waals surface area contributed by atoms with Gasteiger partial charge in [0.15, 0.2) is 0 Å². The van der Waals surface area contributed by atoms with Gasteiger partial charge in [-0.1, -0.05) is 0 Å². The minimum Gasteiger partial charge on any atom is -0.444 e. The van der Waals surface area contributed by atoms with E-state index in [1.165, 1.54) is 15.9 Å². The van der Waals surface area contributed by atoms with Gasteiger partial charge in [-0.3, -0.25) is 19.8 Å². The molecule has 28 heavy (non-hydrogen) atoms. The monoisotopic (exact) mass is 394 g/mol. The SMILES string of the molecule is CC(C)(C)OC(=O)N1CCN(c2ccc(NCCCO)c([N+](=O)[O-])c2)C(=O)C1. The Morgan fingerprint density at radius 1 is 1.36 bits per heavy atom. The van der Waals surface area contributed by atoms with Gasteiger partial charge in [-0.25, -0.2) is 4.79 Å². The molecule has 2 amide bonds. The summed E-state index contributed by atoms with van der Waals surface area (Å²) in [6, 6.07) is 4.50. The molecule has 1 saturated heterocycles. The number of nitrogens with one attached hydrogen (secondary N) is 1. The largest absolute Gasteiger partial charge is 0.444 e. The van der Waals surface area contributed by atoms with Crippen LogP contribution in [0.4, 0.5) is 21.9 Å². The fourth-order valence-corrected chi connectivity index (χ4v) is 2.72. The summed E-state index contributed by atoms with van der Waals surface area (Å²) in [4.78, 5) is 38.3.